The molecule has 176 valence electrons. The minimum Gasteiger partial charge on any atom is -0.348 e. The zero-order valence-electron chi connectivity index (χ0n) is 18.8. The van der Waals surface area contributed by atoms with Gasteiger partial charge in [0.05, 0.1) is 11.3 Å². The molecule has 1 fully saturated rings. The minimum absolute atomic E-state index is 0.0486. The van der Waals surface area contributed by atoms with Gasteiger partial charge in [-0.05, 0) is 61.3 Å². The highest BCUT2D eigenvalue weighted by Gasteiger charge is 2.26. The first-order valence-corrected chi connectivity index (χ1v) is 12.1. The lowest BCUT2D eigenvalue weighted by Gasteiger charge is -2.31. The van der Waals surface area contributed by atoms with E-state index in [9.17, 15) is 9.59 Å². The third kappa shape index (κ3) is 6.38. The number of benzene rings is 3. The van der Waals surface area contributed by atoms with Gasteiger partial charge in [0.1, 0.15) is 0 Å². The molecule has 0 atom stereocenters. The smallest absolute Gasteiger partial charge is 0.253 e. The molecule has 5 nitrogen and oxygen atoms in total. The summed E-state index contributed by atoms with van der Waals surface area (Å²) in [5.74, 6) is -0.362. The Hall–Kier alpha value is -2.86. The third-order valence-corrected chi connectivity index (χ3v) is 6.68. The molecule has 0 aliphatic carbocycles. The molecule has 7 heteroatoms. The van der Waals surface area contributed by atoms with Crippen LogP contribution < -0.4 is 10.6 Å². The number of amides is 2. The van der Waals surface area contributed by atoms with Crippen LogP contribution in [0.4, 0.5) is 5.69 Å². The van der Waals surface area contributed by atoms with Gasteiger partial charge in [-0.1, -0.05) is 71.7 Å². The normalized spacial score (nSPS) is 14.5. The van der Waals surface area contributed by atoms with Gasteiger partial charge in [0.2, 0.25) is 5.91 Å². The number of nitrogens with one attached hydrogen (secondary N) is 2. The Morgan fingerprint density at radius 1 is 0.912 bits per heavy atom. The largest absolute Gasteiger partial charge is 0.348 e. The van der Waals surface area contributed by atoms with Gasteiger partial charge < -0.3 is 10.6 Å². The molecule has 2 amide bonds. The molecule has 3 aromatic rings. The van der Waals surface area contributed by atoms with Gasteiger partial charge in [-0.15, -0.1) is 0 Å². The van der Waals surface area contributed by atoms with E-state index in [1.807, 2.05) is 48.5 Å². The molecule has 34 heavy (non-hydrogen) atoms. The first kappa shape index (κ1) is 24.3. The van der Waals surface area contributed by atoms with Crippen molar-refractivity contribution in [3.05, 3.63) is 99.5 Å². The monoisotopic (exact) mass is 495 g/mol. The van der Waals surface area contributed by atoms with Crippen LogP contribution in [-0.4, -0.2) is 29.8 Å². The molecular weight excluding hydrogens is 469 g/mol. The summed E-state index contributed by atoms with van der Waals surface area (Å²) in [5.41, 5.74) is 3.04. The number of carbonyl (C=O) groups excluding carboxylic acids is 2. The Morgan fingerprint density at radius 3 is 2.35 bits per heavy atom. The summed E-state index contributed by atoms with van der Waals surface area (Å²) in [5, 5.41) is 7.20. The predicted molar refractivity (Wildman–Crippen MR) is 137 cm³/mol. The van der Waals surface area contributed by atoms with Crippen molar-refractivity contribution in [2.75, 3.05) is 18.4 Å². The van der Waals surface area contributed by atoms with E-state index in [1.54, 1.807) is 24.3 Å². The average molecular weight is 496 g/mol. The van der Waals surface area contributed by atoms with Crippen molar-refractivity contribution in [2.45, 2.75) is 25.9 Å². The molecule has 4 rings (SSSR count). The summed E-state index contributed by atoms with van der Waals surface area (Å²) < 4.78 is 0. The van der Waals surface area contributed by atoms with E-state index in [4.69, 9.17) is 23.2 Å². The molecule has 1 saturated heterocycles. The summed E-state index contributed by atoms with van der Waals surface area (Å²) in [7, 11) is 0. The summed E-state index contributed by atoms with van der Waals surface area (Å²) in [6.45, 7) is 2.76. The van der Waals surface area contributed by atoms with Crippen LogP contribution in [0.5, 0.6) is 0 Å². The Morgan fingerprint density at radius 2 is 1.62 bits per heavy atom. The SMILES string of the molecule is O=C(NCc1ccccc1)c1ccccc1NC(=O)C1CCN(Cc2ccc(Cl)cc2Cl)CC1. The maximum atomic E-state index is 13.0. The van der Waals surface area contributed by atoms with Gasteiger partial charge >= 0.3 is 0 Å². The molecule has 1 aliphatic heterocycles. The predicted octanol–water partition coefficient (Wildman–Crippen LogP) is 5.77. The summed E-state index contributed by atoms with van der Waals surface area (Å²) in [4.78, 5) is 28.1. The van der Waals surface area contributed by atoms with E-state index in [-0.39, 0.29) is 17.7 Å². The highest BCUT2D eigenvalue weighted by molar-refractivity contribution is 6.35. The standard InChI is InChI=1S/C27H27Cl2N3O2/c28-22-11-10-21(24(29)16-22)18-32-14-12-20(13-15-32)26(33)31-25-9-5-4-8-23(25)27(34)30-17-19-6-2-1-3-7-19/h1-11,16,20H,12-15,17-18H2,(H,30,34)(H,31,33). The fraction of sp³-hybridized carbons (Fsp3) is 0.259. The van der Waals surface area contributed by atoms with E-state index >= 15 is 0 Å². The van der Waals surface area contributed by atoms with Crippen molar-refractivity contribution in [1.82, 2.24) is 10.2 Å². The zero-order chi connectivity index (χ0) is 23.9. The van der Waals surface area contributed by atoms with Gasteiger partial charge in [0.25, 0.3) is 5.91 Å². The quantitative estimate of drug-likeness (QED) is 0.436. The van der Waals surface area contributed by atoms with Gasteiger partial charge in [-0.25, -0.2) is 0 Å². The second-order valence-corrected chi connectivity index (χ2v) is 9.33. The van der Waals surface area contributed by atoms with Crippen LogP contribution in [0.1, 0.15) is 34.3 Å². The summed E-state index contributed by atoms with van der Waals surface area (Å²) in [6.07, 6.45) is 1.50. The van der Waals surface area contributed by atoms with Crippen molar-refractivity contribution in [2.24, 2.45) is 5.92 Å². The Balaban J connectivity index is 1.31. The van der Waals surface area contributed by atoms with Gasteiger partial charge in [-0.2, -0.15) is 0 Å². The maximum absolute atomic E-state index is 13.0. The Labute approximate surface area is 210 Å². The van der Waals surface area contributed by atoms with Crippen molar-refractivity contribution >= 4 is 40.7 Å². The van der Waals surface area contributed by atoms with Crippen molar-refractivity contribution in [3.8, 4) is 0 Å². The molecule has 2 N–H and O–H groups in total. The zero-order valence-corrected chi connectivity index (χ0v) is 20.3. The van der Waals surface area contributed by atoms with Gasteiger partial charge in [0, 0.05) is 29.1 Å². The first-order chi connectivity index (χ1) is 16.5. The number of anilines is 1. The lowest BCUT2D eigenvalue weighted by atomic mass is 9.95. The molecule has 0 aromatic heterocycles. The second-order valence-electron chi connectivity index (χ2n) is 8.49. The summed E-state index contributed by atoms with van der Waals surface area (Å²) in [6, 6.07) is 22.4. The first-order valence-electron chi connectivity index (χ1n) is 11.4. The van der Waals surface area contributed by atoms with Crippen LogP contribution in [0, 0.1) is 5.92 Å². The highest BCUT2D eigenvalue weighted by atomic mass is 35.5. The second kappa shape index (κ2) is 11.5. The average Bonchev–Trinajstić information content (AvgIpc) is 2.85. The molecule has 3 aromatic carbocycles. The highest BCUT2D eigenvalue weighted by Crippen LogP contribution is 2.26. The van der Waals surface area contributed by atoms with E-state index in [2.05, 4.69) is 15.5 Å². The topological polar surface area (TPSA) is 61.4 Å². The number of hydrogen-bond acceptors (Lipinski definition) is 3. The Kier molecular flexibility index (Phi) is 8.22. The number of carbonyl (C=O) groups is 2. The van der Waals surface area contributed by atoms with Crippen molar-refractivity contribution in [3.63, 3.8) is 0 Å². The van der Waals surface area contributed by atoms with Crippen LogP contribution in [-0.2, 0) is 17.9 Å². The van der Waals surface area contributed by atoms with Crippen LogP contribution in [0.15, 0.2) is 72.8 Å². The molecular formula is C27H27Cl2N3O2. The number of likely N-dealkylation sites (tertiary alicyclic amines) is 1. The molecule has 1 aliphatic rings. The maximum Gasteiger partial charge on any atom is 0.253 e. The van der Waals surface area contributed by atoms with E-state index in [0.29, 0.717) is 27.8 Å². The summed E-state index contributed by atoms with van der Waals surface area (Å²) >= 11 is 12.3. The van der Waals surface area contributed by atoms with Gasteiger partial charge in [0.15, 0.2) is 0 Å². The minimum atomic E-state index is -0.214. The van der Waals surface area contributed by atoms with Gasteiger partial charge in [-0.3, -0.25) is 14.5 Å². The molecule has 0 spiro atoms. The number of piperidine rings is 1. The lowest BCUT2D eigenvalue weighted by molar-refractivity contribution is -0.121. The van der Waals surface area contributed by atoms with Crippen LogP contribution in [0.3, 0.4) is 0 Å². The fourth-order valence-corrected chi connectivity index (χ4v) is 4.61. The van der Waals surface area contributed by atoms with E-state index in [0.717, 1.165) is 43.6 Å². The number of hydrogen-bond donors (Lipinski definition) is 2. The van der Waals surface area contributed by atoms with Crippen LogP contribution in [0.2, 0.25) is 10.0 Å². The number of para-hydroxylation sites is 1. The number of nitrogens with zero attached hydrogens (tertiary/aromatic N) is 1. The lowest BCUT2D eigenvalue weighted by Crippen LogP contribution is -2.38. The molecule has 0 radical (unpaired) electrons. The number of rotatable bonds is 7. The molecule has 1 heterocycles. The Bertz CT molecular complexity index is 1150. The van der Waals surface area contributed by atoms with Crippen LogP contribution >= 0.6 is 23.2 Å². The fourth-order valence-electron chi connectivity index (χ4n) is 4.14. The molecule has 0 saturated carbocycles. The van der Waals surface area contributed by atoms with Crippen molar-refractivity contribution < 1.29 is 9.59 Å². The van der Waals surface area contributed by atoms with E-state index < -0.39 is 0 Å². The molecule has 0 bridgehead atoms. The molecule has 0 unspecified atom stereocenters. The number of halogens is 2. The van der Waals surface area contributed by atoms with E-state index in [1.165, 1.54) is 0 Å². The third-order valence-electron chi connectivity index (χ3n) is 6.09. The van der Waals surface area contributed by atoms with Crippen molar-refractivity contribution in [1.29, 1.82) is 0 Å². The van der Waals surface area contributed by atoms with Crippen LogP contribution in [0.25, 0.3) is 0 Å².